The molecule has 7 aliphatic rings. The lowest BCUT2D eigenvalue weighted by Crippen LogP contribution is -2.65. The van der Waals surface area contributed by atoms with E-state index in [0.717, 1.165) is 103 Å². The fourth-order valence-electron chi connectivity index (χ4n) is 13.7. The lowest BCUT2D eigenvalue weighted by molar-refractivity contribution is -0.261. The second-order valence-electron chi connectivity index (χ2n) is 21.6. The van der Waals surface area contributed by atoms with Crippen LogP contribution < -0.4 is 0 Å². The molecule has 0 radical (unpaired) electrons. The zero-order valence-electron chi connectivity index (χ0n) is 40.0. The monoisotopic (exact) mass is 857 g/mol. The third-order valence-electron chi connectivity index (χ3n) is 16.5. The molecule has 5 atom stereocenters. The molecule has 1 N–H and O–H groups in total. The number of hydrogen-bond acceptors (Lipinski definition) is 7. The molecule has 4 bridgehead atoms. The van der Waals surface area contributed by atoms with Crippen molar-refractivity contribution in [2.24, 2.45) is 11.3 Å². The molecule has 0 aromatic heterocycles. The topological polar surface area (TPSA) is 92.7 Å². The first kappa shape index (κ1) is 49.2. The summed E-state index contributed by atoms with van der Waals surface area (Å²) in [6, 6.07) is 0. The second-order valence-corrected chi connectivity index (χ2v) is 21.6. The van der Waals surface area contributed by atoms with Crippen molar-refractivity contribution in [2.45, 2.75) is 268 Å². The predicted octanol–water partition coefficient (Wildman–Crippen LogP) is 13.8. The number of allylic oxidation sites excluding steroid dienone is 1. The van der Waals surface area contributed by atoms with Gasteiger partial charge in [-0.3, -0.25) is 0 Å². The number of unbranched alkanes of at least 4 members (excludes halogenated alkanes) is 12. The summed E-state index contributed by atoms with van der Waals surface area (Å²) < 4.78 is 39.1. The zero-order valence-corrected chi connectivity index (χ0v) is 40.0. The van der Waals surface area contributed by atoms with Crippen molar-refractivity contribution >= 4 is 5.97 Å². The molecular weight excluding hydrogens is 765 g/mol. The third-order valence-corrected chi connectivity index (χ3v) is 16.5. The highest BCUT2D eigenvalue weighted by Crippen LogP contribution is 2.68. The van der Waals surface area contributed by atoms with Crippen molar-refractivity contribution < 1.29 is 38.3 Å². The Labute approximate surface area is 373 Å². The summed E-state index contributed by atoms with van der Waals surface area (Å²) in [5.41, 5.74) is 0.00976. The van der Waals surface area contributed by atoms with Crippen molar-refractivity contribution in [3.63, 3.8) is 0 Å². The molecule has 0 spiro atoms. The first-order chi connectivity index (χ1) is 29.6. The van der Waals surface area contributed by atoms with Crippen LogP contribution in [0.25, 0.3) is 0 Å². The van der Waals surface area contributed by atoms with Crippen LogP contribution in [0.2, 0.25) is 0 Å². The SMILES string of the molecule is CCCC1(CCCCCCCOC(=C(C)C(=O)O)C23CC4CC(OCCCCCCCC5(CCC)CCO5)(CC(OCCCCCCCC5(CCC)CCO5)(C4)C2)C3)CCO1. The Morgan fingerprint density at radius 1 is 0.525 bits per heavy atom. The van der Waals surface area contributed by atoms with Gasteiger partial charge in [-0.25, -0.2) is 4.79 Å². The molecule has 8 heteroatoms. The van der Waals surface area contributed by atoms with E-state index in [0.29, 0.717) is 18.1 Å². The van der Waals surface area contributed by atoms with E-state index in [9.17, 15) is 9.90 Å². The first-order valence-electron chi connectivity index (χ1n) is 26.3. The average Bonchev–Trinajstić information content (AvgIpc) is 3.18. The second kappa shape index (κ2) is 23.3. The van der Waals surface area contributed by atoms with Gasteiger partial charge in [0.2, 0.25) is 0 Å². The number of carboxylic acid groups (broad SMARTS) is 1. The Balaban J connectivity index is 1.01. The van der Waals surface area contributed by atoms with E-state index >= 15 is 0 Å². The van der Waals surface area contributed by atoms with Crippen LogP contribution >= 0.6 is 0 Å². The van der Waals surface area contributed by atoms with Crippen molar-refractivity contribution in [1.29, 1.82) is 0 Å². The summed E-state index contributed by atoms with van der Waals surface area (Å²) in [6.45, 7) is 13.5. The van der Waals surface area contributed by atoms with Crippen LogP contribution in [0.5, 0.6) is 0 Å². The molecule has 3 aliphatic heterocycles. The van der Waals surface area contributed by atoms with Crippen LogP contribution in [0.1, 0.15) is 240 Å². The Bertz CT molecular complexity index is 1290. The van der Waals surface area contributed by atoms with Crippen LogP contribution in [-0.2, 0) is 33.2 Å². The molecule has 4 aliphatic carbocycles. The smallest absolute Gasteiger partial charge is 0.334 e. The maximum Gasteiger partial charge on any atom is 0.334 e. The maximum absolute atomic E-state index is 12.8. The summed E-state index contributed by atoms with van der Waals surface area (Å²) in [7, 11) is 0. The van der Waals surface area contributed by atoms with Gasteiger partial charge in [-0.2, -0.15) is 0 Å². The lowest BCUT2D eigenvalue weighted by atomic mass is 9.45. The van der Waals surface area contributed by atoms with Gasteiger partial charge in [0.15, 0.2) is 0 Å². The van der Waals surface area contributed by atoms with Gasteiger partial charge in [0.1, 0.15) is 5.76 Å². The molecule has 61 heavy (non-hydrogen) atoms. The van der Waals surface area contributed by atoms with Gasteiger partial charge in [-0.15, -0.1) is 0 Å². The Kier molecular flexibility index (Phi) is 18.8. The van der Waals surface area contributed by atoms with E-state index in [1.165, 1.54) is 148 Å². The number of carbonyl (C=O) groups is 1. The van der Waals surface area contributed by atoms with E-state index < -0.39 is 5.97 Å². The molecule has 7 fully saturated rings. The summed E-state index contributed by atoms with van der Waals surface area (Å²) in [4.78, 5) is 12.8. The van der Waals surface area contributed by atoms with Gasteiger partial charge in [0.05, 0.1) is 60.0 Å². The molecule has 0 amide bonds. The van der Waals surface area contributed by atoms with E-state index in [1.807, 2.05) is 0 Å². The summed E-state index contributed by atoms with van der Waals surface area (Å²) in [5, 5.41) is 10.5. The normalized spacial score (nSPS) is 34.1. The quantitative estimate of drug-likeness (QED) is 0.0383. The van der Waals surface area contributed by atoms with E-state index in [-0.39, 0.29) is 33.4 Å². The minimum absolute atomic E-state index is 0.164. The third kappa shape index (κ3) is 13.2. The van der Waals surface area contributed by atoms with Crippen molar-refractivity contribution in [2.75, 3.05) is 39.6 Å². The molecule has 5 unspecified atom stereocenters. The molecular formula is C53H92O8. The number of carboxylic acids is 1. The van der Waals surface area contributed by atoms with Crippen LogP contribution in [0.3, 0.4) is 0 Å². The number of ether oxygens (including phenoxy) is 6. The lowest BCUT2D eigenvalue weighted by Gasteiger charge is -2.66. The largest absolute Gasteiger partial charge is 0.497 e. The fraction of sp³-hybridized carbons (Fsp3) is 0.943. The fourth-order valence-corrected chi connectivity index (χ4v) is 13.7. The first-order valence-corrected chi connectivity index (χ1v) is 26.3. The van der Waals surface area contributed by atoms with Gasteiger partial charge in [0.25, 0.3) is 0 Å². The summed E-state index contributed by atoms with van der Waals surface area (Å²) in [5.74, 6) is 0.338. The molecule has 7 rings (SSSR count). The van der Waals surface area contributed by atoms with Crippen molar-refractivity contribution in [1.82, 2.24) is 0 Å². The zero-order chi connectivity index (χ0) is 43.1. The minimum atomic E-state index is -0.858. The van der Waals surface area contributed by atoms with Gasteiger partial charge >= 0.3 is 5.97 Å². The van der Waals surface area contributed by atoms with E-state index in [1.54, 1.807) is 6.92 Å². The average molecular weight is 857 g/mol. The van der Waals surface area contributed by atoms with Gasteiger partial charge in [-0.1, -0.05) is 117 Å². The Morgan fingerprint density at radius 3 is 1.26 bits per heavy atom. The van der Waals surface area contributed by atoms with Gasteiger partial charge in [-0.05, 0) is 122 Å². The summed E-state index contributed by atoms with van der Waals surface area (Å²) >= 11 is 0. The highest BCUT2D eigenvalue weighted by Gasteiger charge is 2.66. The number of aliphatic carboxylic acids is 1. The molecule has 8 nitrogen and oxygen atoms in total. The van der Waals surface area contributed by atoms with Crippen molar-refractivity contribution in [3.8, 4) is 0 Å². The van der Waals surface area contributed by atoms with Gasteiger partial charge < -0.3 is 33.5 Å². The molecule has 3 heterocycles. The molecule has 352 valence electrons. The standard InChI is InChI=1S/C53H92O8/c1-5-23-49(29-35-59-49)26-17-11-8-14-20-32-56-46(44(4)47(54)55)48-38-45-39-52(41-48,57-33-21-15-9-12-18-27-50(24-6-2)30-36-60-50)43-53(40-45,42-48)58-34-22-16-10-13-19-28-51(25-7-3)31-37-61-51/h45H,5-43H2,1-4H3,(H,54,55). The highest BCUT2D eigenvalue weighted by molar-refractivity contribution is 5.86. The van der Waals surface area contributed by atoms with Gasteiger partial charge in [0, 0.05) is 25.0 Å². The van der Waals surface area contributed by atoms with Crippen LogP contribution in [0, 0.1) is 11.3 Å². The molecule has 3 saturated heterocycles. The van der Waals surface area contributed by atoms with Crippen LogP contribution in [-0.4, -0.2) is 78.7 Å². The Morgan fingerprint density at radius 2 is 0.902 bits per heavy atom. The molecule has 0 aromatic rings. The van der Waals surface area contributed by atoms with Crippen molar-refractivity contribution in [3.05, 3.63) is 11.3 Å². The molecule has 0 aromatic carbocycles. The maximum atomic E-state index is 12.8. The van der Waals surface area contributed by atoms with E-state index in [2.05, 4.69) is 20.8 Å². The summed E-state index contributed by atoms with van der Waals surface area (Å²) in [6.07, 6.45) is 38.1. The highest BCUT2D eigenvalue weighted by atomic mass is 16.5. The number of hydrogen-bond donors (Lipinski definition) is 1. The van der Waals surface area contributed by atoms with Crippen LogP contribution in [0.4, 0.5) is 0 Å². The minimum Gasteiger partial charge on any atom is -0.497 e. The van der Waals surface area contributed by atoms with E-state index in [4.69, 9.17) is 28.4 Å². The van der Waals surface area contributed by atoms with Crippen LogP contribution in [0.15, 0.2) is 11.3 Å². The predicted molar refractivity (Wildman–Crippen MR) is 245 cm³/mol. The Hall–Kier alpha value is -1.19. The number of rotatable bonds is 35. The molecule has 4 saturated carbocycles.